The van der Waals surface area contributed by atoms with Gasteiger partial charge >= 0.3 is 0 Å². The third kappa shape index (κ3) is 5.04. The molecule has 0 spiro atoms. The maximum atomic E-state index is 6.11. The third-order valence-corrected chi connectivity index (χ3v) is 3.69. The lowest BCUT2D eigenvalue weighted by Crippen LogP contribution is -2.21. The van der Waals surface area contributed by atoms with E-state index in [1.165, 1.54) is 5.56 Å². The van der Waals surface area contributed by atoms with Gasteiger partial charge in [-0.2, -0.15) is 0 Å². The summed E-state index contributed by atoms with van der Waals surface area (Å²) < 4.78 is 5.94. The van der Waals surface area contributed by atoms with Gasteiger partial charge < -0.3 is 10.1 Å². The first-order valence-electron chi connectivity index (χ1n) is 7.64. The SMILES string of the molecule is CC(C)(C)c1cc(Cl)ccc1OCCNCc1ccccc1. The largest absolute Gasteiger partial charge is 0.492 e. The zero-order chi connectivity index (χ0) is 16.0. The van der Waals surface area contributed by atoms with Gasteiger partial charge in [-0.3, -0.25) is 0 Å². The average molecular weight is 318 g/mol. The van der Waals surface area contributed by atoms with Crippen molar-refractivity contribution in [2.45, 2.75) is 32.7 Å². The molecular formula is C19H24ClNO. The topological polar surface area (TPSA) is 21.3 Å². The summed E-state index contributed by atoms with van der Waals surface area (Å²) in [6.45, 7) is 8.80. The number of hydrogen-bond donors (Lipinski definition) is 1. The molecule has 0 bridgehead atoms. The minimum absolute atomic E-state index is 0.0116. The van der Waals surface area contributed by atoms with Gasteiger partial charge in [0.05, 0.1) is 0 Å². The Hall–Kier alpha value is -1.51. The summed E-state index contributed by atoms with van der Waals surface area (Å²) in [5.41, 5.74) is 2.44. The van der Waals surface area contributed by atoms with Crippen LogP contribution in [0.5, 0.6) is 5.75 Å². The second kappa shape index (κ2) is 7.66. The van der Waals surface area contributed by atoms with Crippen LogP contribution in [-0.2, 0) is 12.0 Å². The van der Waals surface area contributed by atoms with E-state index in [-0.39, 0.29) is 5.41 Å². The van der Waals surface area contributed by atoms with Crippen molar-refractivity contribution in [2.24, 2.45) is 0 Å². The van der Waals surface area contributed by atoms with Gasteiger partial charge in [0.15, 0.2) is 0 Å². The molecule has 2 aromatic carbocycles. The highest BCUT2D eigenvalue weighted by atomic mass is 35.5. The number of nitrogens with one attached hydrogen (secondary N) is 1. The van der Waals surface area contributed by atoms with Crippen molar-refractivity contribution in [1.82, 2.24) is 5.32 Å². The van der Waals surface area contributed by atoms with Crippen LogP contribution in [0.1, 0.15) is 31.9 Å². The Labute approximate surface area is 138 Å². The minimum atomic E-state index is 0.0116. The standard InChI is InChI=1S/C19H24ClNO/c1-19(2,3)17-13-16(20)9-10-18(17)22-12-11-21-14-15-7-5-4-6-8-15/h4-10,13,21H,11-12,14H2,1-3H3. The van der Waals surface area contributed by atoms with Gasteiger partial charge in [-0.05, 0) is 29.2 Å². The van der Waals surface area contributed by atoms with Crippen LogP contribution in [0.4, 0.5) is 0 Å². The molecule has 2 aromatic rings. The van der Waals surface area contributed by atoms with Crippen LogP contribution < -0.4 is 10.1 Å². The fourth-order valence-electron chi connectivity index (χ4n) is 2.28. The van der Waals surface area contributed by atoms with Crippen molar-refractivity contribution in [3.63, 3.8) is 0 Å². The van der Waals surface area contributed by atoms with Gasteiger partial charge in [0.1, 0.15) is 12.4 Å². The van der Waals surface area contributed by atoms with Crippen molar-refractivity contribution < 1.29 is 4.74 Å². The Morgan fingerprint density at radius 1 is 1.05 bits per heavy atom. The number of halogens is 1. The zero-order valence-corrected chi connectivity index (χ0v) is 14.3. The molecule has 0 amide bonds. The molecule has 1 N–H and O–H groups in total. The summed E-state index contributed by atoms with van der Waals surface area (Å²) >= 11 is 6.11. The Morgan fingerprint density at radius 2 is 1.77 bits per heavy atom. The lowest BCUT2D eigenvalue weighted by molar-refractivity contribution is 0.305. The quantitative estimate of drug-likeness (QED) is 0.772. The van der Waals surface area contributed by atoms with E-state index in [2.05, 4.69) is 50.4 Å². The molecule has 0 radical (unpaired) electrons. The van der Waals surface area contributed by atoms with Gasteiger partial charge in [0.25, 0.3) is 0 Å². The van der Waals surface area contributed by atoms with Crippen LogP contribution in [0, 0.1) is 0 Å². The number of benzene rings is 2. The number of hydrogen-bond acceptors (Lipinski definition) is 2. The molecule has 22 heavy (non-hydrogen) atoms. The van der Waals surface area contributed by atoms with Gasteiger partial charge in [-0.25, -0.2) is 0 Å². The lowest BCUT2D eigenvalue weighted by Gasteiger charge is -2.23. The summed E-state index contributed by atoms with van der Waals surface area (Å²) in [4.78, 5) is 0. The predicted molar refractivity (Wildman–Crippen MR) is 93.8 cm³/mol. The first kappa shape index (κ1) is 16.9. The number of rotatable bonds is 6. The second-order valence-electron chi connectivity index (χ2n) is 6.40. The third-order valence-electron chi connectivity index (χ3n) is 3.46. The van der Waals surface area contributed by atoms with Gasteiger partial charge in [-0.1, -0.05) is 62.7 Å². The molecule has 0 saturated heterocycles. The van der Waals surface area contributed by atoms with Crippen molar-refractivity contribution in [3.8, 4) is 5.75 Å². The zero-order valence-electron chi connectivity index (χ0n) is 13.5. The summed E-state index contributed by atoms with van der Waals surface area (Å²) in [5, 5.41) is 4.14. The molecule has 118 valence electrons. The van der Waals surface area contributed by atoms with E-state index < -0.39 is 0 Å². The molecule has 0 heterocycles. The van der Waals surface area contributed by atoms with Crippen LogP contribution in [0.3, 0.4) is 0 Å². The van der Waals surface area contributed by atoms with Crippen molar-refractivity contribution >= 4 is 11.6 Å². The molecule has 0 unspecified atom stereocenters. The van der Waals surface area contributed by atoms with E-state index in [9.17, 15) is 0 Å². The normalized spacial score (nSPS) is 11.5. The van der Waals surface area contributed by atoms with E-state index in [0.29, 0.717) is 6.61 Å². The van der Waals surface area contributed by atoms with E-state index in [1.54, 1.807) is 0 Å². The van der Waals surface area contributed by atoms with E-state index in [4.69, 9.17) is 16.3 Å². The Kier molecular flexibility index (Phi) is 5.87. The van der Waals surface area contributed by atoms with E-state index in [0.717, 1.165) is 29.4 Å². The molecule has 0 atom stereocenters. The minimum Gasteiger partial charge on any atom is -0.492 e. The monoisotopic (exact) mass is 317 g/mol. The Balaban J connectivity index is 1.84. The van der Waals surface area contributed by atoms with Crippen LogP contribution in [0.15, 0.2) is 48.5 Å². The molecule has 0 saturated carbocycles. The van der Waals surface area contributed by atoms with Crippen molar-refractivity contribution in [3.05, 3.63) is 64.7 Å². The van der Waals surface area contributed by atoms with Crippen LogP contribution in [0.25, 0.3) is 0 Å². The molecule has 0 fully saturated rings. The van der Waals surface area contributed by atoms with E-state index in [1.807, 2.05) is 24.3 Å². The fraction of sp³-hybridized carbons (Fsp3) is 0.368. The average Bonchev–Trinajstić information content (AvgIpc) is 2.48. The van der Waals surface area contributed by atoms with Crippen molar-refractivity contribution in [2.75, 3.05) is 13.2 Å². The fourth-order valence-corrected chi connectivity index (χ4v) is 2.45. The lowest BCUT2D eigenvalue weighted by atomic mass is 9.86. The van der Waals surface area contributed by atoms with Crippen molar-refractivity contribution in [1.29, 1.82) is 0 Å². The highest BCUT2D eigenvalue weighted by Gasteiger charge is 2.19. The van der Waals surface area contributed by atoms with Crippen LogP contribution in [0.2, 0.25) is 5.02 Å². The summed E-state index contributed by atoms with van der Waals surface area (Å²) in [5.74, 6) is 0.915. The second-order valence-corrected chi connectivity index (χ2v) is 6.84. The molecule has 0 aliphatic heterocycles. The first-order valence-corrected chi connectivity index (χ1v) is 8.02. The van der Waals surface area contributed by atoms with Gasteiger partial charge in [0, 0.05) is 23.7 Å². The highest BCUT2D eigenvalue weighted by Crippen LogP contribution is 2.33. The predicted octanol–water partition coefficient (Wildman–Crippen LogP) is 4.81. The summed E-state index contributed by atoms with van der Waals surface area (Å²) in [6.07, 6.45) is 0. The molecular weight excluding hydrogens is 294 g/mol. The van der Waals surface area contributed by atoms with E-state index >= 15 is 0 Å². The summed E-state index contributed by atoms with van der Waals surface area (Å²) in [6, 6.07) is 16.2. The van der Waals surface area contributed by atoms with Crippen LogP contribution in [-0.4, -0.2) is 13.2 Å². The maximum absolute atomic E-state index is 6.11. The van der Waals surface area contributed by atoms with Gasteiger partial charge in [0.2, 0.25) is 0 Å². The molecule has 2 nitrogen and oxygen atoms in total. The highest BCUT2D eigenvalue weighted by molar-refractivity contribution is 6.30. The molecule has 0 aliphatic carbocycles. The summed E-state index contributed by atoms with van der Waals surface area (Å²) in [7, 11) is 0. The van der Waals surface area contributed by atoms with Crippen LogP contribution >= 0.6 is 11.6 Å². The Morgan fingerprint density at radius 3 is 2.45 bits per heavy atom. The maximum Gasteiger partial charge on any atom is 0.123 e. The van der Waals surface area contributed by atoms with Gasteiger partial charge in [-0.15, -0.1) is 0 Å². The molecule has 2 rings (SSSR count). The number of ether oxygens (including phenoxy) is 1. The molecule has 3 heteroatoms. The molecule has 0 aromatic heterocycles. The Bertz CT molecular complexity index is 590. The molecule has 0 aliphatic rings. The first-order chi connectivity index (χ1) is 10.5. The smallest absolute Gasteiger partial charge is 0.123 e.